The quantitative estimate of drug-likeness (QED) is 0.520. The fourth-order valence-corrected chi connectivity index (χ4v) is 2.34. The average Bonchev–Trinajstić information content (AvgIpc) is 2.66. The second-order valence-electron chi connectivity index (χ2n) is 5.36. The number of nitrogens with zero attached hydrogens (tertiary/aromatic N) is 1. The van der Waals surface area contributed by atoms with Crippen LogP contribution in [-0.2, 0) is 0 Å². The van der Waals surface area contributed by atoms with Crippen LogP contribution in [0.2, 0.25) is 0 Å². The van der Waals surface area contributed by atoms with Gasteiger partial charge in [0.15, 0.2) is 11.5 Å². The predicted octanol–water partition coefficient (Wildman–Crippen LogP) is 3.35. The summed E-state index contributed by atoms with van der Waals surface area (Å²) in [5.41, 5.74) is 3.25. The highest BCUT2D eigenvalue weighted by atomic mass is 16.5. The van der Waals surface area contributed by atoms with Crippen LogP contribution in [0, 0.1) is 0 Å². The second kappa shape index (κ2) is 10.1. The molecule has 0 aliphatic heterocycles. The molecule has 2 rings (SSSR count). The number of amides is 1. The van der Waals surface area contributed by atoms with Gasteiger partial charge in [0, 0.05) is 11.1 Å². The zero-order valence-electron chi connectivity index (χ0n) is 15.7. The van der Waals surface area contributed by atoms with Gasteiger partial charge in [0.25, 0.3) is 5.91 Å². The van der Waals surface area contributed by atoms with Gasteiger partial charge in [-0.15, -0.1) is 0 Å². The molecular weight excluding hydrogens is 348 g/mol. The number of hydrogen-bond acceptors (Lipinski definition) is 6. The maximum atomic E-state index is 12.5. The third kappa shape index (κ3) is 5.37. The van der Waals surface area contributed by atoms with Gasteiger partial charge in [0.1, 0.15) is 5.75 Å². The van der Waals surface area contributed by atoms with E-state index in [1.807, 2.05) is 20.8 Å². The molecule has 0 radical (unpaired) electrons. The molecule has 7 heteroatoms. The molecule has 0 bridgehead atoms. The van der Waals surface area contributed by atoms with E-state index >= 15 is 0 Å². The Hall–Kier alpha value is -3.22. The van der Waals surface area contributed by atoms with Crippen molar-refractivity contribution in [2.75, 3.05) is 19.8 Å². The Bertz CT molecular complexity index is 778. The van der Waals surface area contributed by atoms with Crippen molar-refractivity contribution in [3.8, 4) is 23.0 Å². The van der Waals surface area contributed by atoms with Gasteiger partial charge in [-0.05, 0) is 45.0 Å². The molecule has 27 heavy (non-hydrogen) atoms. The summed E-state index contributed by atoms with van der Waals surface area (Å²) in [4.78, 5) is 12.5. The lowest BCUT2D eigenvalue weighted by Crippen LogP contribution is -2.18. The summed E-state index contributed by atoms with van der Waals surface area (Å²) in [6, 6.07) is 9.86. The van der Waals surface area contributed by atoms with Crippen LogP contribution in [-0.4, -0.2) is 37.0 Å². The van der Waals surface area contributed by atoms with Crippen molar-refractivity contribution in [2.45, 2.75) is 20.8 Å². The van der Waals surface area contributed by atoms with Gasteiger partial charge < -0.3 is 19.3 Å². The zero-order valence-corrected chi connectivity index (χ0v) is 15.7. The lowest BCUT2D eigenvalue weighted by Gasteiger charge is -2.16. The summed E-state index contributed by atoms with van der Waals surface area (Å²) >= 11 is 0. The molecule has 0 saturated carbocycles. The number of phenols is 1. The predicted molar refractivity (Wildman–Crippen MR) is 103 cm³/mol. The van der Waals surface area contributed by atoms with E-state index in [4.69, 9.17) is 14.2 Å². The van der Waals surface area contributed by atoms with Crippen molar-refractivity contribution >= 4 is 12.1 Å². The lowest BCUT2D eigenvalue weighted by atomic mass is 10.1. The van der Waals surface area contributed by atoms with Gasteiger partial charge >= 0.3 is 0 Å². The molecule has 0 fully saturated rings. The van der Waals surface area contributed by atoms with Gasteiger partial charge in [-0.2, -0.15) is 5.10 Å². The molecule has 0 heterocycles. The molecule has 0 atom stereocenters. The molecule has 0 spiro atoms. The van der Waals surface area contributed by atoms with Crippen molar-refractivity contribution in [3.05, 3.63) is 47.5 Å². The Morgan fingerprint density at radius 1 is 1.04 bits per heavy atom. The Kier molecular flexibility index (Phi) is 7.49. The molecule has 0 saturated heterocycles. The molecule has 0 unspecified atom stereocenters. The van der Waals surface area contributed by atoms with Crippen LogP contribution in [0.25, 0.3) is 0 Å². The topological polar surface area (TPSA) is 89.4 Å². The van der Waals surface area contributed by atoms with Gasteiger partial charge in [-0.3, -0.25) is 4.79 Å². The van der Waals surface area contributed by atoms with Crippen molar-refractivity contribution in [1.82, 2.24) is 5.43 Å². The first-order chi connectivity index (χ1) is 13.1. The Balaban J connectivity index is 2.25. The summed E-state index contributed by atoms with van der Waals surface area (Å²) in [5, 5.41) is 13.6. The van der Waals surface area contributed by atoms with E-state index in [-0.39, 0.29) is 5.75 Å². The third-order valence-corrected chi connectivity index (χ3v) is 3.48. The maximum Gasteiger partial charge on any atom is 0.271 e. The van der Waals surface area contributed by atoms with Gasteiger partial charge in [0.05, 0.1) is 26.0 Å². The van der Waals surface area contributed by atoms with E-state index in [1.54, 1.807) is 36.4 Å². The van der Waals surface area contributed by atoms with Crippen LogP contribution in [0.5, 0.6) is 23.0 Å². The van der Waals surface area contributed by atoms with E-state index in [2.05, 4.69) is 10.5 Å². The molecule has 1 amide bonds. The Labute approximate surface area is 158 Å². The molecule has 7 nitrogen and oxygen atoms in total. The summed E-state index contributed by atoms with van der Waals surface area (Å²) < 4.78 is 16.8. The van der Waals surface area contributed by atoms with Crippen molar-refractivity contribution in [2.24, 2.45) is 5.10 Å². The number of rotatable bonds is 9. The lowest BCUT2D eigenvalue weighted by molar-refractivity contribution is 0.0954. The number of ether oxygens (including phenoxy) is 3. The van der Waals surface area contributed by atoms with Crippen molar-refractivity contribution in [1.29, 1.82) is 0 Å². The molecule has 144 valence electrons. The van der Waals surface area contributed by atoms with Crippen LogP contribution < -0.4 is 19.6 Å². The zero-order chi connectivity index (χ0) is 19.6. The van der Waals surface area contributed by atoms with Crippen LogP contribution in [0.1, 0.15) is 36.7 Å². The van der Waals surface area contributed by atoms with Crippen LogP contribution >= 0.6 is 0 Å². The minimum Gasteiger partial charge on any atom is -0.507 e. The minimum absolute atomic E-state index is 0.0776. The van der Waals surface area contributed by atoms with E-state index < -0.39 is 5.91 Å². The van der Waals surface area contributed by atoms with E-state index in [0.29, 0.717) is 48.2 Å². The van der Waals surface area contributed by atoms with Gasteiger partial charge in [0.2, 0.25) is 5.75 Å². The normalized spacial score (nSPS) is 10.6. The summed E-state index contributed by atoms with van der Waals surface area (Å²) in [6.45, 7) is 6.83. The highest BCUT2D eigenvalue weighted by Crippen LogP contribution is 2.39. The SMILES string of the molecule is CCOc1cc(C(=O)NN=Cc2ccccc2O)cc(OCC)c1OCC. The maximum absolute atomic E-state index is 12.5. The van der Waals surface area contributed by atoms with E-state index in [0.717, 1.165) is 0 Å². The van der Waals surface area contributed by atoms with Crippen LogP contribution in [0.3, 0.4) is 0 Å². The molecule has 0 aromatic heterocycles. The van der Waals surface area contributed by atoms with Gasteiger partial charge in [-0.25, -0.2) is 5.43 Å². The molecule has 2 N–H and O–H groups in total. The van der Waals surface area contributed by atoms with E-state index in [1.165, 1.54) is 6.21 Å². The van der Waals surface area contributed by atoms with Gasteiger partial charge in [-0.1, -0.05) is 12.1 Å². The molecule has 2 aromatic rings. The second-order valence-corrected chi connectivity index (χ2v) is 5.36. The first-order valence-electron chi connectivity index (χ1n) is 8.78. The summed E-state index contributed by atoms with van der Waals surface area (Å²) in [7, 11) is 0. The van der Waals surface area contributed by atoms with E-state index in [9.17, 15) is 9.90 Å². The highest BCUT2D eigenvalue weighted by molar-refractivity contribution is 5.96. The number of nitrogens with one attached hydrogen (secondary N) is 1. The first kappa shape index (κ1) is 20.1. The van der Waals surface area contributed by atoms with Crippen molar-refractivity contribution in [3.63, 3.8) is 0 Å². The summed E-state index contributed by atoms with van der Waals surface area (Å²) in [5.74, 6) is 0.969. The fourth-order valence-electron chi connectivity index (χ4n) is 2.34. The number of phenolic OH excluding ortho intramolecular Hbond substituents is 1. The Morgan fingerprint density at radius 3 is 2.19 bits per heavy atom. The largest absolute Gasteiger partial charge is 0.507 e. The fraction of sp³-hybridized carbons (Fsp3) is 0.300. The number of benzene rings is 2. The number of hydrazone groups is 1. The highest BCUT2D eigenvalue weighted by Gasteiger charge is 2.18. The number of carbonyl (C=O) groups is 1. The third-order valence-electron chi connectivity index (χ3n) is 3.48. The number of carbonyl (C=O) groups excluding carboxylic acids is 1. The monoisotopic (exact) mass is 372 g/mol. The average molecular weight is 372 g/mol. The smallest absolute Gasteiger partial charge is 0.271 e. The number of hydrogen-bond donors (Lipinski definition) is 2. The van der Waals surface area contributed by atoms with Crippen LogP contribution in [0.4, 0.5) is 0 Å². The number of aromatic hydroxyl groups is 1. The number of para-hydroxylation sites is 1. The molecule has 0 aliphatic rings. The molecule has 0 aliphatic carbocycles. The van der Waals surface area contributed by atoms with Crippen LogP contribution in [0.15, 0.2) is 41.5 Å². The summed E-state index contributed by atoms with van der Waals surface area (Å²) in [6.07, 6.45) is 1.37. The molecule has 2 aromatic carbocycles. The standard InChI is InChI=1S/C20H24N2O5/c1-4-25-17-11-15(12-18(26-5-2)19(17)27-6-3)20(24)22-21-13-14-9-7-8-10-16(14)23/h7-13,23H,4-6H2,1-3H3,(H,22,24). The van der Waals surface area contributed by atoms with Crippen molar-refractivity contribution < 1.29 is 24.1 Å². The minimum atomic E-state index is -0.438. The molecular formula is C20H24N2O5. The Morgan fingerprint density at radius 2 is 1.63 bits per heavy atom. The first-order valence-corrected chi connectivity index (χ1v) is 8.78.